The molecule has 0 aliphatic rings. The first kappa shape index (κ1) is 14.3. The van der Waals surface area contributed by atoms with E-state index in [0.717, 1.165) is 9.13 Å². The Kier molecular flexibility index (Phi) is 4.76. The summed E-state index contributed by atoms with van der Waals surface area (Å²) in [5.41, 5.74) is 1.01. The van der Waals surface area contributed by atoms with E-state index >= 15 is 0 Å². The highest BCUT2D eigenvalue weighted by molar-refractivity contribution is 14.1. The first-order chi connectivity index (χ1) is 9.08. The zero-order valence-corrected chi connectivity index (χ0v) is 13.4. The van der Waals surface area contributed by atoms with Crippen molar-refractivity contribution in [2.24, 2.45) is 0 Å². The molecular formula is C13H9BrINO3. The number of nitro groups is 1. The predicted molar refractivity (Wildman–Crippen MR) is 84.3 cm³/mol. The lowest BCUT2D eigenvalue weighted by Crippen LogP contribution is -1.98. The Labute approximate surface area is 132 Å². The SMILES string of the molecule is O=[N+]([O-])c1cccc(OCc2ccc(I)cc2)c1Br. The molecule has 4 nitrogen and oxygen atoms in total. The van der Waals surface area contributed by atoms with E-state index in [4.69, 9.17) is 4.74 Å². The summed E-state index contributed by atoms with van der Waals surface area (Å²) in [6.45, 7) is 0.372. The van der Waals surface area contributed by atoms with Crippen LogP contribution >= 0.6 is 38.5 Å². The summed E-state index contributed by atoms with van der Waals surface area (Å²) in [4.78, 5) is 10.4. The lowest BCUT2D eigenvalue weighted by atomic mass is 10.2. The predicted octanol–water partition coefficient (Wildman–Crippen LogP) is 4.54. The molecule has 0 spiro atoms. The van der Waals surface area contributed by atoms with Crippen LogP contribution in [0.4, 0.5) is 5.69 Å². The van der Waals surface area contributed by atoms with Gasteiger partial charge < -0.3 is 4.74 Å². The van der Waals surface area contributed by atoms with Crippen molar-refractivity contribution in [3.05, 3.63) is 66.2 Å². The van der Waals surface area contributed by atoms with Crippen LogP contribution in [-0.4, -0.2) is 4.92 Å². The molecule has 98 valence electrons. The van der Waals surface area contributed by atoms with E-state index in [1.54, 1.807) is 12.1 Å². The zero-order chi connectivity index (χ0) is 13.8. The molecule has 0 amide bonds. The molecule has 0 aliphatic heterocycles. The maximum absolute atomic E-state index is 10.8. The van der Waals surface area contributed by atoms with Crippen molar-refractivity contribution in [3.63, 3.8) is 0 Å². The number of halogens is 2. The number of benzene rings is 2. The summed E-state index contributed by atoms with van der Waals surface area (Å²) in [7, 11) is 0. The maximum atomic E-state index is 10.8. The van der Waals surface area contributed by atoms with Gasteiger partial charge in [0.1, 0.15) is 16.8 Å². The van der Waals surface area contributed by atoms with E-state index in [1.807, 2.05) is 24.3 Å². The average molecular weight is 434 g/mol. The Morgan fingerprint density at radius 3 is 2.53 bits per heavy atom. The van der Waals surface area contributed by atoms with Crippen LogP contribution in [0.2, 0.25) is 0 Å². The topological polar surface area (TPSA) is 52.4 Å². The minimum absolute atomic E-state index is 0.000102. The van der Waals surface area contributed by atoms with Crippen LogP contribution in [0.1, 0.15) is 5.56 Å². The average Bonchev–Trinajstić information content (AvgIpc) is 2.39. The summed E-state index contributed by atoms with van der Waals surface area (Å²) in [6, 6.07) is 12.6. The molecule has 2 aromatic rings. The van der Waals surface area contributed by atoms with Crippen molar-refractivity contribution >= 4 is 44.2 Å². The molecule has 0 fully saturated rings. The normalized spacial score (nSPS) is 10.2. The van der Waals surface area contributed by atoms with E-state index in [2.05, 4.69) is 38.5 Å². The summed E-state index contributed by atoms with van der Waals surface area (Å²) in [5.74, 6) is 0.466. The van der Waals surface area contributed by atoms with Gasteiger partial charge in [-0.1, -0.05) is 18.2 Å². The lowest BCUT2D eigenvalue weighted by Gasteiger charge is -2.08. The summed E-state index contributed by atoms with van der Waals surface area (Å²) in [6.07, 6.45) is 0. The Morgan fingerprint density at radius 2 is 1.89 bits per heavy atom. The van der Waals surface area contributed by atoms with Crippen molar-refractivity contribution in [2.45, 2.75) is 6.61 Å². The minimum Gasteiger partial charge on any atom is -0.487 e. The van der Waals surface area contributed by atoms with Gasteiger partial charge in [0, 0.05) is 9.64 Å². The highest BCUT2D eigenvalue weighted by Gasteiger charge is 2.15. The van der Waals surface area contributed by atoms with E-state index in [-0.39, 0.29) is 5.69 Å². The van der Waals surface area contributed by atoms with Crippen LogP contribution in [0.5, 0.6) is 5.75 Å². The van der Waals surface area contributed by atoms with Gasteiger partial charge in [-0.3, -0.25) is 10.1 Å². The molecule has 0 N–H and O–H groups in total. The van der Waals surface area contributed by atoms with Crippen molar-refractivity contribution in [1.82, 2.24) is 0 Å². The fourth-order valence-electron chi connectivity index (χ4n) is 1.49. The molecule has 0 unspecified atom stereocenters. The second-order valence-corrected chi connectivity index (χ2v) is 5.80. The number of ether oxygens (including phenoxy) is 1. The number of hydrogen-bond acceptors (Lipinski definition) is 3. The van der Waals surface area contributed by atoms with Gasteiger partial charge in [-0.2, -0.15) is 0 Å². The fraction of sp³-hybridized carbons (Fsp3) is 0.0769. The van der Waals surface area contributed by atoms with Gasteiger partial charge in [0.05, 0.1) is 4.92 Å². The highest BCUT2D eigenvalue weighted by atomic mass is 127. The first-order valence-electron chi connectivity index (χ1n) is 5.38. The van der Waals surface area contributed by atoms with Gasteiger partial charge in [0.15, 0.2) is 0 Å². The molecule has 0 aromatic heterocycles. The molecular weight excluding hydrogens is 425 g/mol. The van der Waals surface area contributed by atoms with Crippen LogP contribution in [0, 0.1) is 13.7 Å². The van der Waals surface area contributed by atoms with Gasteiger partial charge in [0.2, 0.25) is 0 Å². The Morgan fingerprint density at radius 1 is 1.21 bits per heavy atom. The van der Waals surface area contributed by atoms with E-state index < -0.39 is 4.92 Å². The molecule has 19 heavy (non-hydrogen) atoms. The largest absolute Gasteiger partial charge is 0.487 e. The van der Waals surface area contributed by atoms with E-state index in [1.165, 1.54) is 6.07 Å². The molecule has 0 bridgehead atoms. The maximum Gasteiger partial charge on any atom is 0.287 e. The molecule has 0 radical (unpaired) electrons. The van der Waals surface area contributed by atoms with Crippen LogP contribution < -0.4 is 4.74 Å². The monoisotopic (exact) mass is 433 g/mol. The van der Waals surface area contributed by atoms with Gasteiger partial charge in [-0.25, -0.2) is 0 Å². The van der Waals surface area contributed by atoms with Gasteiger partial charge in [-0.15, -0.1) is 0 Å². The fourth-order valence-corrected chi connectivity index (χ4v) is 2.38. The second kappa shape index (κ2) is 6.33. The van der Waals surface area contributed by atoms with Gasteiger partial charge in [0.25, 0.3) is 5.69 Å². The Hall–Kier alpha value is -1.15. The van der Waals surface area contributed by atoms with Crippen LogP contribution in [0.15, 0.2) is 46.9 Å². The number of rotatable bonds is 4. The number of hydrogen-bond donors (Lipinski definition) is 0. The minimum atomic E-state index is -0.443. The smallest absolute Gasteiger partial charge is 0.287 e. The van der Waals surface area contributed by atoms with Gasteiger partial charge in [-0.05, 0) is 62.3 Å². The molecule has 0 atom stereocenters. The van der Waals surface area contributed by atoms with Crippen LogP contribution in [-0.2, 0) is 6.61 Å². The third-order valence-electron chi connectivity index (χ3n) is 2.45. The summed E-state index contributed by atoms with van der Waals surface area (Å²) in [5, 5.41) is 10.8. The standard InChI is InChI=1S/C13H9BrINO3/c14-13-11(16(17)18)2-1-3-12(13)19-8-9-4-6-10(15)7-5-9/h1-7H,8H2. The first-order valence-corrected chi connectivity index (χ1v) is 7.25. The molecule has 6 heteroatoms. The zero-order valence-electron chi connectivity index (χ0n) is 9.68. The van der Waals surface area contributed by atoms with Crippen LogP contribution in [0.25, 0.3) is 0 Å². The molecule has 2 rings (SSSR count). The quantitative estimate of drug-likeness (QED) is 0.404. The highest BCUT2D eigenvalue weighted by Crippen LogP contribution is 2.34. The van der Waals surface area contributed by atoms with E-state index in [0.29, 0.717) is 16.8 Å². The number of nitro benzene ring substituents is 1. The molecule has 2 aromatic carbocycles. The molecule has 0 saturated carbocycles. The lowest BCUT2D eigenvalue weighted by molar-refractivity contribution is -0.385. The number of nitrogens with zero attached hydrogens (tertiary/aromatic N) is 1. The summed E-state index contributed by atoms with van der Waals surface area (Å²) < 4.78 is 7.12. The Balaban J connectivity index is 2.13. The third-order valence-corrected chi connectivity index (χ3v) is 3.96. The van der Waals surface area contributed by atoms with Crippen molar-refractivity contribution in [3.8, 4) is 5.75 Å². The van der Waals surface area contributed by atoms with Crippen molar-refractivity contribution in [1.29, 1.82) is 0 Å². The third kappa shape index (κ3) is 3.66. The molecule has 0 heterocycles. The Bertz CT molecular complexity index is 601. The van der Waals surface area contributed by atoms with Crippen molar-refractivity contribution in [2.75, 3.05) is 0 Å². The van der Waals surface area contributed by atoms with Gasteiger partial charge >= 0.3 is 0 Å². The van der Waals surface area contributed by atoms with Crippen molar-refractivity contribution < 1.29 is 9.66 Å². The second-order valence-electron chi connectivity index (χ2n) is 3.76. The van der Waals surface area contributed by atoms with Crippen LogP contribution in [0.3, 0.4) is 0 Å². The summed E-state index contributed by atoms with van der Waals surface area (Å²) >= 11 is 5.43. The van der Waals surface area contributed by atoms with E-state index in [9.17, 15) is 10.1 Å². The molecule has 0 saturated heterocycles. The molecule has 0 aliphatic carbocycles.